The third-order valence-electron chi connectivity index (χ3n) is 3.59. The summed E-state index contributed by atoms with van der Waals surface area (Å²) in [5.41, 5.74) is 3.77. The average molecular weight is 311 g/mol. The van der Waals surface area contributed by atoms with Gasteiger partial charge in [0.25, 0.3) is 5.91 Å². The zero-order valence-electron chi connectivity index (χ0n) is 13.4. The van der Waals surface area contributed by atoms with E-state index in [9.17, 15) is 4.79 Å². The number of aromatic nitrogens is 4. The molecule has 3 aromatic rings. The number of imidazole rings is 1. The SMILES string of the molecule is COc1nc(C)c(NC(=O)c2c(C)nc3ccccn23)c(C)n1. The Bertz CT molecular complexity index is 878. The second-order valence-electron chi connectivity index (χ2n) is 5.18. The third-order valence-corrected chi connectivity index (χ3v) is 3.59. The van der Waals surface area contributed by atoms with Crippen LogP contribution in [0, 0.1) is 20.8 Å². The minimum Gasteiger partial charge on any atom is -0.467 e. The van der Waals surface area contributed by atoms with Crippen LogP contribution in [0.4, 0.5) is 5.69 Å². The van der Waals surface area contributed by atoms with Gasteiger partial charge in [-0.15, -0.1) is 0 Å². The van der Waals surface area contributed by atoms with Gasteiger partial charge in [0.1, 0.15) is 11.3 Å². The number of methoxy groups -OCH3 is 1. The largest absolute Gasteiger partial charge is 0.467 e. The maximum Gasteiger partial charge on any atom is 0.316 e. The lowest BCUT2D eigenvalue weighted by atomic mass is 10.2. The Hall–Kier alpha value is -2.96. The van der Waals surface area contributed by atoms with E-state index >= 15 is 0 Å². The van der Waals surface area contributed by atoms with E-state index in [2.05, 4.69) is 20.3 Å². The minimum absolute atomic E-state index is 0.249. The minimum atomic E-state index is -0.249. The van der Waals surface area contributed by atoms with E-state index in [-0.39, 0.29) is 11.9 Å². The van der Waals surface area contributed by atoms with Crippen molar-refractivity contribution in [2.24, 2.45) is 0 Å². The van der Waals surface area contributed by atoms with E-state index in [0.717, 1.165) is 5.65 Å². The zero-order chi connectivity index (χ0) is 16.6. The number of anilines is 1. The molecule has 3 rings (SSSR count). The quantitative estimate of drug-likeness (QED) is 0.802. The summed E-state index contributed by atoms with van der Waals surface area (Å²) in [7, 11) is 1.51. The second-order valence-corrected chi connectivity index (χ2v) is 5.18. The number of nitrogens with one attached hydrogen (secondary N) is 1. The maximum atomic E-state index is 12.7. The summed E-state index contributed by atoms with van der Waals surface area (Å²) in [6, 6.07) is 5.88. The predicted octanol–water partition coefficient (Wildman–Crippen LogP) is 2.31. The van der Waals surface area contributed by atoms with Crippen LogP contribution in [0.3, 0.4) is 0 Å². The molecular formula is C16H17N5O2. The van der Waals surface area contributed by atoms with Crippen LogP contribution >= 0.6 is 0 Å². The van der Waals surface area contributed by atoms with Gasteiger partial charge < -0.3 is 10.1 Å². The predicted molar refractivity (Wildman–Crippen MR) is 85.9 cm³/mol. The Kier molecular flexibility index (Phi) is 3.69. The lowest BCUT2D eigenvalue weighted by Crippen LogP contribution is -2.18. The molecule has 0 saturated heterocycles. The number of ether oxygens (including phenoxy) is 1. The summed E-state index contributed by atoms with van der Waals surface area (Å²) in [4.78, 5) is 25.5. The van der Waals surface area contributed by atoms with Crippen molar-refractivity contribution in [3.63, 3.8) is 0 Å². The standard InChI is InChI=1S/C16H17N5O2/c1-9-13(10(2)19-16(18-9)23-4)20-15(22)14-11(3)17-12-7-5-6-8-21(12)14/h5-8H,1-4H3,(H,20,22). The molecule has 0 radical (unpaired) electrons. The lowest BCUT2D eigenvalue weighted by Gasteiger charge is -2.11. The Balaban J connectivity index is 2.00. The molecule has 3 heterocycles. The second kappa shape index (κ2) is 5.68. The van der Waals surface area contributed by atoms with E-state index in [1.54, 1.807) is 18.2 Å². The third kappa shape index (κ3) is 2.61. The number of pyridine rings is 1. The Morgan fingerprint density at radius 1 is 1.09 bits per heavy atom. The molecule has 0 spiro atoms. The molecule has 0 aliphatic rings. The summed E-state index contributed by atoms with van der Waals surface area (Å²) in [5.74, 6) is -0.249. The molecule has 0 atom stereocenters. The van der Waals surface area contributed by atoms with E-state index < -0.39 is 0 Å². The normalized spacial score (nSPS) is 10.8. The van der Waals surface area contributed by atoms with Crippen molar-refractivity contribution in [3.05, 3.63) is 47.2 Å². The van der Waals surface area contributed by atoms with Crippen molar-refractivity contribution in [1.29, 1.82) is 0 Å². The Labute approximate surface area is 133 Å². The van der Waals surface area contributed by atoms with Gasteiger partial charge in [0.2, 0.25) is 0 Å². The highest BCUT2D eigenvalue weighted by Gasteiger charge is 2.19. The first-order chi connectivity index (χ1) is 11.0. The number of hydrogen-bond donors (Lipinski definition) is 1. The molecular weight excluding hydrogens is 294 g/mol. The summed E-state index contributed by atoms with van der Waals surface area (Å²) in [5, 5.41) is 2.88. The van der Waals surface area contributed by atoms with E-state index in [0.29, 0.717) is 28.5 Å². The van der Waals surface area contributed by atoms with Crippen LogP contribution in [-0.4, -0.2) is 32.4 Å². The fraction of sp³-hybridized carbons (Fsp3) is 0.250. The summed E-state index contributed by atoms with van der Waals surface area (Å²) >= 11 is 0. The summed E-state index contributed by atoms with van der Waals surface area (Å²) < 4.78 is 6.80. The first-order valence-electron chi connectivity index (χ1n) is 7.15. The molecule has 7 nitrogen and oxygen atoms in total. The molecule has 118 valence electrons. The Morgan fingerprint density at radius 2 is 1.78 bits per heavy atom. The van der Waals surface area contributed by atoms with Crippen LogP contribution in [-0.2, 0) is 0 Å². The average Bonchev–Trinajstić information content (AvgIpc) is 2.86. The van der Waals surface area contributed by atoms with Crippen LogP contribution < -0.4 is 10.1 Å². The number of amides is 1. The molecule has 1 N–H and O–H groups in total. The topological polar surface area (TPSA) is 81.4 Å². The van der Waals surface area contributed by atoms with Crippen molar-refractivity contribution in [1.82, 2.24) is 19.4 Å². The fourth-order valence-electron chi connectivity index (χ4n) is 2.52. The molecule has 0 unspecified atom stereocenters. The van der Waals surface area contributed by atoms with E-state index in [4.69, 9.17) is 4.74 Å². The van der Waals surface area contributed by atoms with Crippen LogP contribution in [0.1, 0.15) is 27.6 Å². The molecule has 0 saturated carbocycles. The number of nitrogens with zero attached hydrogens (tertiary/aromatic N) is 4. The molecule has 0 aliphatic carbocycles. The summed E-state index contributed by atoms with van der Waals surface area (Å²) in [6.07, 6.45) is 1.81. The van der Waals surface area contributed by atoms with Gasteiger partial charge in [-0.2, -0.15) is 9.97 Å². The molecule has 0 aromatic carbocycles. The van der Waals surface area contributed by atoms with Crippen LogP contribution in [0.2, 0.25) is 0 Å². The fourth-order valence-corrected chi connectivity index (χ4v) is 2.52. The first kappa shape index (κ1) is 15.0. The van der Waals surface area contributed by atoms with Gasteiger partial charge >= 0.3 is 6.01 Å². The molecule has 1 amide bonds. The number of fused-ring (bicyclic) bond motifs is 1. The molecule has 0 fully saturated rings. The van der Waals surface area contributed by atoms with E-state index in [1.807, 2.05) is 31.3 Å². The van der Waals surface area contributed by atoms with Crippen molar-refractivity contribution >= 4 is 17.2 Å². The van der Waals surface area contributed by atoms with Crippen molar-refractivity contribution < 1.29 is 9.53 Å². The number of hydrogen-bond acceptors (Lipinski definition) is 5. The number of aryl methyl sites for hydroxylation is 3. The smallest absolute Gasteiger partial charge is 0.316 e. The van der Waals surface area contributed by atoms with Gasteiger partial charge in [0.15, 0.2) is 0 Å². The highest BCUT2D eigenvalue weighted by molar-refractivity contribution is 6.05. The highest BCUT2D eigenvalue weighted by atomic mass is 16.5. The first-order valence-corrected chi connectivity index (χ1v) is 7.15. The number of carbonyl (C=O) groups is 1. The van der Waals surface area contributed by atoms with Gasteiger partial charge in [0, 0.05) is 6.20 Å². The van der Waals surface area contributed by atoms with Gasteiger partial charge in [-0.1, -0.05) is 6.07 Å². The lowest BCUT2D eigenvalue weighted by molar-refractivity contribution is 0.102. The van der Waals surface area contributed by atoms with Crippen LogP contribution in [0.15, 0.2) is 24.4 Å². The highest BCUT2D eigenvalue weighted by Crippen LogP contribution is 2.21. The van der Waals surface area contributed by atoms with Crippen molar-refractivity contribution in [2.45, 2.75) is 20.8 Å². The maximum absolute atomic E-state index is 12.7. The van der Waals surface area contributed by atoms with Gasteiger partial charge in [-0.3, -0.25) is 9.20 Å². The zero-order valence-corrected chi connectivity index (χ0v) is 13.4. The Morgan fingerprint density at radius 3 is 2.43 bits per heavy atom. The molecule has 7 heteroatoms. The molecule has 23 heavy (non-hydrogen) atoms. The molecule has 3 aromatic heterocycles. The van der Waals surface area contributed by atoms with Gasteiger partial charge in [-0.25, -0.2) is 4.98 Å². The van der Waals surface area contributed by atoms with Gasteiger partial charge in [0.05, 0.1) is 29.9 Å². The molecule has 0 bridgehead atoms. The van der Waals surface area contributed by atoms with Crippen molar-refractivity contribution in [3.8, 4) is 6.01 Å². The molecule has 0 aliphatic heterocycles. The monoisotopic (exact) mass is 311 g/mol. The van der Waals surface area contributed by atoms with Gasteiger partial charge in [-0.05, 0) is 32.9 Å². The number of carbonyl (C=O) groups excluding carboxylic acids is 1. The van der Waals surface area contributed by atoms with Crippen LogP contribution in [0.25, 0.3) is 5.65 Å². The van der Waals surface area contributed by atoms with Crippen molar-refractivity contribution in [2.75, 3.05) is 12.4 Å². The number of rotatable bonds is 3. The van der Waals surface area contributed by atoms with E-state index in [1.165, 1.54) is 7.11 Å². The van der Waals surface area contributed by atoms with Crippen LogP contribution in [0.5, 0.6) is 6.01 Å². The summed E-state index contributed by atoms with van der Waals surface area (Å²) in [6.45, 7) is 5.41.